The number of benzene rings is 2. The molecular weight excluding hydrogens is 460 g/mol. The third-order valence-corrected chi connectivity index (χ3v) is 6.10. The molecule has 0 aliphatic heterocycles. The van der Waals surface area contributed by atoms with Gasteiger partial charge in [-0.25, -0.2) is 14.6 Å². The fraction of sp³-hybridized carbons (Fsp3) is 0.308. The number of carbonyl (C=O) groups is 1. The summed E-state index contributed by atoms with van der Waals surface area (Å²) in [4.78, 5) is 22.5. The average Bonchev–Trinajstić information content (AvgIpc) is 3.31. The third-order valence-electron chi connectivity index (χ3n) is 5.55. The number of fused-ring (bicyclic) bond motifs is 1. The number of rotatable bonds is 12. The Balaban J connectivity index is 1.47. The summed E-state index contributed by atoms with van der Waals surface area (Å²) in [7, 11) is 0. The number of hydrogen-bond acceptors (Lipinski definition) is 7. The van der Waals surface area contributed by atoms with Crippen LogP contribution in [0.25, 0.3) is 11.0 Å². The molecule has 0 aliphatic rings. The first-order valence-corrected chi connectivity index (χ1v) is 12.9. The normalized spacial score (nSPS) is 11.2. The Morgan fingerprint density at radius 3 is 2.34 bits per heavy atom. The molecule has 4 rings (SSSR count). The molecule has 0 aliphatic carbocycles. The predicted molar refractivity (Wildman–Crippen MR) is 140 cm³/mol. The summed E-state index contributed by atoms with van der Waals surface area (Å²) in [6.45, 7) is 4.82. The molecule has 0 fully saturated rings. The Labute approximate surface area is 209 Å². The zero-order chi connectivity index (χ0) is 24.5. The van der Waals surface area contributed by atoms with Crippen molar-refractivity contribution in [1.82, 2.24) is 25.1 Å². The maximum absolute atomic E-state index is 13.3. The van der Waals surface area contributed by atoms with Gasteiger partial charge in [-0.3, -0.25) is 4.79 Å². The summed E-state index contributed by atoms with van der Waals surface area (Å²) in [5.74, 6) is 0.317. The molecule has 0 bridgehead atoms. The molecule has 1 amide bonds. The topological polar surface area (TPSA) is 94.0 Å². The van der Waals surface area contributed by atoms with Gasteiger partial charge in [-0.15, -0.1) is 0 Å². The minimum Gasteiger partial charge on any atom is -0.380 e. The van der Waals surface area contributed by atoms with Crippen molar-refractivity contribution in [1.29, 1.82) is 0 Å². The molecule has 2 aromatic carbocycles. The van der Waals surface area contributed by atoms with E-state index in [1.54, 1.807) is 6.20 Å². The highest BCUT2D eigenvalue weighted by Gasteiger charge is 2.22. The van der Waals surface area contributed by atoms with E-state index in [-0.39, 0.29) is 11.8 Å². The molecule has 35 heavy (non-hydrogen) atoms. The number of carbonyl (C=O) groups excluding carboxylic acids is 1. The zero-order valence-electron chi connectivity index (χ0n) is 20.0. The van der Waals surface area contributed by atoms with Crippen LogP contribution < -0.4 is 10.6 Å². The van der Waals surface area contributed by atoms with Gasteiger partial charge in [-0.2, -0.15) is 5.10 Å². The second-order valence-electron chi connectivity index (χ2n) is 7.83. The van der Waals surface area contributed by atoms with Gasteiger partial charge < -0.3 is 15.4 Å². The van der Waals surface area contributed by atoms with Gasteiger partial charge in [0.15, 0.2) is 10.8 Å². The van der Waals surface area contributed by atoms with Crippen molar-refractivity contribution < 1.29 is 9.53 Å². The summed E-state index contributed by atoms with van der Waals surface area (Å²) in [6.07, 6.45) is 3.71. The van der Waals surface area contributed by atoms with Crippen molar-refractivity contribution in [3.63, 3.8) is 0 Å². The van der Waals surface area contributed by atoms with E-state index in [1.807, 2.05) is 78.5 Å². The third kappa shape index (κ3) is 6.17. The van der Waals surface area contributed by atoms with Gasteiger partial charge in [0.05, 0.1) is 30.7 Å². The van der Waals surface area contributed by atoms with E-state index in [1.165, 1.54) is 11.8 Å². The van der Waals surface area contributed by atoms with Crippen molar-refractivity contribution in [3.05, 3.63) is 78.0 Å². The Kier molecular flexibility index (Phi) is 8.69. The second kappa shape index (κ2) is 12.3. The lowest BCUT2D eigenvalue weighted by Gasteiger charge is -2.18. The van der Waals surface area contributed by atoms with Crippen LogP contribution in [0.2, 0.25) is 0 Å². The number of aromatic nitrogens is 4. The first kappa shape index (κ1) is 24.7. The van der Waals surface area contributed by atoms with Crippen LogP contribution in [-0.2, 0) is 16.1 Å². The highest BCUT2D eigenvalue weighted by atomic mass is 32.2. The highest BCUT2D eigenvalue weighted by Crippen LogP contribution is 2.25. The lowest BCUT2D eigenvalue weighted by molar-refractivity contribution is -0.121. The van der Waals surface area contributed by atoms with Crippen LogP contribution in [0.3, 0.4) is 0 Å². The second-order valence-corrected chi connectivity index (χ2v) is 8.61. The smallest absolute Gasteiger partial charge is 0.232 e. The van der Waals surface area contributed by atoms with Crippen LogP contribution in [0.1, 0.15) is 24.0 Å². The SMILES string of the molecule is CCOCCNc1nc(SC)nc2c1cnn2CCNC(=O)C(c1ccccc1)c1ccccc1. The molecule has 2 aromatic heterocycles. The molecule has 0 spiro atoms. The van der Waals surface area contributed by atoms with E-state index in [9.17, 15) is 4.79 Å². The summed E-state index contributed by atoms with van der Waals surface area (Å²) >= 11 is 1.48. The quantitative estimate of drug-likeness (QED) is 0.176. The van der Waals surface area contributed by atoms with E-state index >= 15 is 0 Å². The Morgan fingerprint density at radius 2 is 1.71 bits per heavy atom. The molecule has 0 saturated carbocycles. The van der Waals surface area contributed by atoms with Crippen LogP contribution >= 0.6 is 11.8 Å². The maximum atomic E-state index is 13.3. The molecule has 0 unspecified atom stereocenters. The number of hydrogen-bond donors (Lipinski definition) is 2. The fourth-order valence-electron chi connectivity index (χ4n) is 3.88. The zero-order valence-corrected chi connectivity index (χ0v) is 20.8. The predicted octanol–water partition coefficient (Wildman–Crippen LogP) is 3.94. The number of ether oxygens (including phenoxy) is 1. The van der Waals surface area contributed by atoms with Gasteiger partial charge in [-0.05, 0) is 24.3 Å². The van der Waals surface area contributed by atoms with E-state index in [4.69, 9.17) is 4.74 Å². The Hall–Kier alpha value is -3.43. The van der Waals surface area contributed by atoms with Crippen LogP contribution in [0, 0.1) is 0 Å². The van der Waals surface area contributed by atoms with E-state index in [0.29, 0.717) is 38.0 Å². The van der Waals surface area contributed by atoms with Crippen molar-refractivity contribution in [2.45, 2.75) is 24.5 Å². The van der Waals surface area contributed by atoms with Gasteiger partial charge in [0.1, 0.15) is 5.82 Å². The molecule has 4 aromatic rings. The summed E-state index contributed by atoms with van der Waals surface area (Å²) in [5.41, 5.74) is 2.65. The lowest BCUT2D eigenvalue weighted by atomic mass is 9.90. The van der Waals surface area contributed by atoms with Crippen LogP contribution in [0.15, 0.2) is 72.0 Å². The van der Waals surface area contributed by atoms with E-state index in [0.717, 1.165) is 28.0 Å². The van der Waals surface area contributed by atoms with Crippen molar-refractivity contribution in [3.8, 4) is 0 Å². The van der Waals surface area contributed by atoms with Gasteiger partial charge in [-0.1, -0.05) is 72.4 Å². The molecule has 2 heterocycles. The molecule has 8 nitrogen and oxygen atoms in total. The molecular formula is C26H30N6O2S. The minimum absolute atomic E-state index is 0.0448. The fourth-order valence-corrected chi connectivity index (χ4v) is 4.24. The monoisotopic (exact) mass is 490 g/mol. The van der Waals surface area contributed by atoms with Gasteiger partial charge in [0.2, 0.25) is 5.91 Å². The van der Waals surface area contributed by atoms with Crippen molar-refractivity contribution >= 4 is 34.5 Å². The lowest BCUT2D eigenvalue weighted by Crippen LogP contribution is -2.32. The minimum atomic E-state index is -0.377. The Bertz CT molecular complexity index is 1190. The largest absolute Gasteiger partial charge is 0.380 e. The molecule has 0 radical (unpaired) electrons. The molecule has 182 valence electrons. The number of thioether (sulfide) groups is 1. The van der Waals surface area contributed by atoms with Crippen molar-refractivity contribution in [2.75, 3.05) is 37.9 Å². The number of nitrogens with one attached hydrogen (secondary N) is 2. The first-order valence-electron chi connectivity index (χ1n) is 11.7. The summed E-state index contributed by atoms with van der Waals surface area (Å²) in [5, 5.41) is 12.4. The molecule has 2 N–H and O–H groups in total. The van der Waals surface area contributed by atoms with Crippen LogP contribution in [-0.4, -0.2) is 58.2 Å². The standard InChI is InChI=1S/C26H30N6O2S/c1-3-34-17-15-27-23-21-18-29-32(24(21)31-26(30-23)35-2)16-14-28-25(33)22(19-10-6-4-7-11-19)20-12-8-5-9-13-20/h4-13,18,22H,3,14-17H2,1-2H3,(H,28,33)(H,27,30,31). The van der Waals surface area contributed by atoms with Crippen LogP contribution in [0.4, 0.5) is 5.82 Å². The van der Waals surface area contributed by atoms with Crippen LogP contribution in [0.5, 0.6) is 0 Å². The van der Waals surface area contributed by atoms with E-state index < -0.39 is 0 Å². The number of nitrogens with zero attached hydrogens (tertiary/aromatic N) is 4. The number of anilines is 1. The Morgan fingerprint density at radius 1 is 1.03 bits per heavy atom. The van der Waals surface area contributed by atoms with Crippen molar-refractivity contribution in [2.24, 2.45) is 0 Å². The van der Waals surface area contributed by atoms with Gasteiger partial charge in [0.25, 0.3) is 0 Å². The summed E-state index contributed by atoms with van der Waals surface area (Å²) < 4.78 is 7.23. The molecule has 0 saturated heterocycles. The highest BCUT2D eigenvalue weighted by molar-refractivity contribution is 7.98. The first-order chi connectivity index (χ1) is 17.2. The van der Waals surface area contributed by atoms with Gasteiger partial charge in [0, 0.05) is 19.7 Å². The van der Waals surface area contributed by atoms with Gasteiger partial charge >= 0.3 is 0 Å². The average molecular weight is 491 g/mol. The number of amides is 1. The maximum Gasteiger partial charge on any atom is 0.232 e. The molecule has 0 atom stereocenters. The van der Waals surface area contributed by atoms with E-state index in [2.05, 4.69) is 25.7 Å². The summed E-state index contributed by atoms with van der Waals surface area (Å²) in [6, 6.07) is 19.7. The molecule has 9 heteroatoms.